The van der Waals surface area contributed by atoms with Crippen LogP contribution in [0.2, 0.25) is 0 Å². The van der Waals surface area contributed by atoms with Gasteiger partial charge < -0.3 is 14.8 Å². The van der Waals surface area contributed by atoms with Crippen LogP contribution in [0.3, 0.4) is 0 Å². The zero-order chi connectivity index (χ0) is 13.3. The Hall–Kier alpha value is -1.78. The first kappa shape index (κ1) is 12.7. The van der Waals surface area contributed by atoms with Crippen molar-refractivity contribution < 1.29 is 19.1 Å². The molecule has 1 aliphatic rings. The molecule has 0 spiro atoms. The summed E-state index contributed by atoms with van der Waals surface area (Å²) in [4.78, 5) is 22.7. The number of aryl methyl sites for hydroxylation is 1. The van der Waals surface area contributed by atoms with Gasteiger partial charge >= 0.3 is 5.97 Å². The standard InChI is InChI=1S/C13H17NO4/c1-3-10-9(13(16)17)5-11(18-10)12(15)14-6-8-4-7(8)2/h5,7-8H,3-4,6H2,1-2H3,(H,14,15)(H,16,17). The van der Waals surface area contributed by atoms with Crippen LogP contribution in [0, 0.1) is 11.8 Å². The van der Waals surface area contributed by atoms with Gasteiger partial charge in [0.05, 0.1) is 0 Å². The van der Waals surface area contributed by atoms with Gasteiger partial charge in [0.25, 0.3) is 5.91 Å². The quantitative estimate of drug-likeness (QED) is 0.838. The number of carbonyl (C=O) groups excluding carboxylic acids is 1. The summed E-state index contributed by atoms with van der Waals surface area (Å²) in [5.74, 6) is 0.239. The van der Waals surface area contributed by atoms with Crippen LogP contribution in [0.1, 0.15) is 46.9 Å². The third-order valence-electron chi connectivity index (χ3n) is 3.39. The van der Waals surface area contributed by atoms with Gasteiger partial charge in [-0.15, -0.1) is 0 Å². The summed E-state index contributed by atoms with van der Waals surface area (Å²) >= 11 is 0. The van der Waals surface area contributed by atoms with Gasteiger partial charge in [-0.2, -0.15) is 0 Å². The van der Waals surface area contributed by atoms with Crippen molar-refractivity contribution in [1.82, 2.24) is 5.32 Å². The highest BCUT2D eigenvalue weighted by Gasteiger charge is 2.32. The van der Waals surface area contributed by atoms with Gasteiger partial charge in [-0.1, -0.05) is 13.8 Å². The number of nitrogens with one attached hydrogen (secondary N) is 1. The Morgan fingerprint density at radius 3 is 2.67 bits per heavy atom. The summed E-state index contributed by atoms with van der Waals surface area (Å²) in [6, 6.07) is 1.30. The van der Waals surface area contributed by atoms with E-state index in [1.165, 1.54) is 6.07 Å². The maximum atomic E-state index is 11.8. The molecule has 1 fully saturated rings. The fraction of sp³-hybridized carbons (Fsp3) is 0.538. The molecule has 2 rings (SSSR count). The van der Waals surface area contributed by atoms with Crippen LogP contribution >= 0.6 is 0 Å². The van der Waals surface area contributed by atoms with E-state index in [1.807, 2.05) is 0 Å². The van der Waals surface area contributed by atoms with Crippen molar-refractivity contribution in [2.24, 2.45) is 11.8 Å². The molecule has 2 atom stereocenters. The highest BCUT2D eigenvalue weighted by molar-refractivity contribution is 5.96. The number of rotatable bonds is 5. The minimum Gasteiger partial charge on any atom is -0.478 e. The van der Waals surface area contributed by atoms with Gasteiger partial charge in [-0.3, -0.25) is 4.79 Å². The SMILES string of the molecule is CCc1oc(C(=O)NCC2CC2C)cc1C(=O)O. The third-order valence-corrected chi connectivity index (χ3v) is 3.39. The Balaban J connectivity index is 2.03. The average molecular weight is 251 g/mol. The number of aromatic carboxylic acids is 1. The molecule has 5 heteroatoms. The third kappa shape index (κ3) is 2.55. The van der Waals surface area contributed by atoms with Crippen LogP contribution in [0.5, 0.6) is 0 Å². The van der Waals surface area contributed by atoms with E-state index in [9.17, 15) is 9.59 Å². The smallest absolute Gasteiger partial charge is 0.339 e. The normalized spacial score (nSPS) is 21.7. The van der Waals surface area contributed by atoms with E-state index in [4.69, 9.17) is 9.52 Å². The van der Waals surface area contributed by atoms with Crippen molar-refractivity contribution in [2.45, 2.75) is 26.7 Å². The van der Waals surface area contributed by atoms with Crippen molar-refractivity contribution in [2.75, 3.05) is 6.54 Å². The van der Waals surface area contributed by atoms with Gasteiger partial charge in [0, 0.05) is 19.0 Å². The van der Waals surface area contributed by atoms with Crippen LogP contribution in [0.15, 0.2) is 10.5 Å². The number of carboxylic acid groups (broad SMARTS) is 1. The highest BCUT2D eigenvalue weighted by atomic mass is 16.4. The van der Waals surface area contributed by atoms with Crippen molar-refractivity contribution in [1.29, 1.82) is 0 Å². The van der Waals surface area contributed by atoms with Gasteiger partial charge in [-0.25, -0.2) is 4.79 Å². The molecule has 0 aromatic carbocycles. The van der Waals surface area contributed by atoms with Crippen molar-refractivity contribution in [3.8, 4) is 0 Å². The average Bonchev–Trinajstić information content (AvgIpc) is 2.88. The van der Waals surface area contributed by atoms with Crippen LogP contribution in [0.25, 0.3) is 0 Å². The van der Waals surface area contributed by atoms with Crippen molar-refractivity contribution in [3.63, 3.8) is 0 Å². The number of furan rings is 1. The minimum atomic E-state index is -1.06. The Morgan fingerprint density at radius 1 is 1.56 bits per heavy atom. The van der Waals surface area contributed by atoms with Gasteiger partial charge in [0.2, 0.25) is 0 Å². The lowest BCUT2D eigenvalue weighted by molar-refractivity contribution is 0.0694. The molecule has 1 amide bonds. The van der Waals surface area contributed by atoms with E-state index in [0.717, 1.165) is 6.42 Å². The Bertz CT molecular complexity index is 477. The Kier molecular flexibility index (Phi) is 3.41. The monoisotopic (exact) mass is 251 g/mol. The number of hydrogen-bond donors (Lipinski definition) is 2. The van der Waals surface area contributed by atoms with Crippen LogP contribution < -0.4 is 5.32 Å². The molecule has 1 heterocycles. The topological polar surface area (TPSA) is 79.5 Å². The molecule has 2 N–H and O–H groups in total. The second-order valence-electron chi connectivity index (χ2n) is 4.79. The van der Waals surface area contributed by atoms with E-state index in [1.54, 1.807) is 6.92 Å². The van der Waals surface area contributed by atoms with Crippen molar-refractivity contribution >= 4 is 11.9 Å². The summed E-state index contributed by atoms with van der Waals surface area (Å²) in [5, 5.41) is 11.7. The Labute approximate surface area is 105 Å². The lowest BCUT2D eigenvalue weighted by Gasteiger charge is -2.00. The van der Waals surface area contributed by atoms with E-state index < -0.39 is 5.97 Å². The van der Waals surface area contributed by atoms with E-state index in [0.29, 0.717) is 30.6 Å². The molecule has 1 aromatic rings. The van der Waals surface area contributed by atoms with Crippen LogP contribution in [-0.2, 0) is 6.42 Å². The predicted octanol–water partition coefficient (Wildman–Crippen LogP) is 1.93. The molecule has 5 nitrogen and oxygen atoms in total. The number of hydrogen-bond acceptors (Lipinski definition) is 3. The largest absolute Gasteiger partial charge is 0.478 e. The molecule has 0 bridgehead atoms. The summed E-state index contributed by atoms with van der Waals surface area (Å²) in [6.07, 6.45) is 1.59. The summed E-state index contributed by atoms with van der Waals surface area (Å²) in [7, 11) is 0. The van der Waals surface area contributed by atoms with Gasteiger partial charge in [0.1, 0.15) is 11.3 Å². The van der Waals surface area contributed by atoms with Crippen LogP contribution in [0.4, 0.5) is 0 Å². The maximum absolute atomic E-state index is 11.8. The molecule has 1 saturated carbocycles. The van der Waals surface area contributed by atoms with Crippen molar-refractivity contribution in [3.05, 3.63) is 23.2 Å². The summed E-state index contributed by atoms with van der Waals surface area (Å²) < 4.78 is 5.27. The second kappa shape index (κ2) is 4.84. The molecule has 0 saturated heterocycles. The number of amides is 1. The fourth-order valence-electron chi connectivity index (χ4n) is 1.98. The summed E-state index contributed by atoms with van der Waals surface area (Å²) in [5.41, 5.74) is 0.0717. The maximum Gasteiger partial charge on any atom is 0.339 e. The molecule has 98 valence electrons. The first-order valence-electron chi connectivity index (χ1n) is 6.17. The molecule has 0 radical (unpaired) electrons. The predicted molar refractivity (Wildman–Crippen MR) is 64.6 cm³/mol. The first-order chi connectivity index (χ1) is 8.52. The molecule has 18 heavy (non-hydrogen) atoms. The lowest BCUT2D eigenvalue weighted by Crippen LogP contribution is -2.25. The zero-order valence-electron chi connectivity index (χ0n) is 10.5. The first-order valence-corrected chi connectivity index (χ1v) is 6.17. The fourth-order valence-corrected chi connectivity index (χ4v) is 1.98. The minimum absolute atomic E-state index is 0.0717. The molecular weight excluding hydrogens is 234 g/mol. The molecule has 0 aliphatic heterocycles. The van der Waals surface area contributed by atoms with Crippen LogP contribution in [-0.4, -0.2) is 23.5 Å². The Morgan fingerprint density at radius 2 is 2.22 bits per heavy atom. The highest BCUT2D eigenvalue weighted by Crippen LogP contribution is 2.36. The number of carboxylic acids is 1. The van der Waals surface area contributed by atoms with E-state index >= 15 is 0 Å². The summed E-state index contributed by atoms with van der Waals surface area (Å²) in [6.45, 7) is 4.56. The van der Waals surface area contributed by atoms with Gasteiger partial charge in [0.15, 0.2) is 5.76 Å². The van der Waals surface area contributed by atoms with Gasteiger partial charge in [-0.05, 0) is 18.3 Å². The zero-order valence-corrected chi connectivity index (χ0v) is 10.5. The van der Waals surface area contributed by atoms with E-state index in [2.05, 4.69) is 12.2 Å². The molecule has 1 aromatic heterocycles. The van der Waals surface area contributed by atoms with E-state index in [-0.39, 0.29) is 17.2 Å². The molecule has 1 aliphatic carbocycles. The lowest BCUT2D eigenvalue weighted by atomic mass is 10.2. The molecule has 2 unspecified atom stereocenters. The second-order valence-corrected chi connectivity index (χ2v) is 4.79. The number of carbonyl (C=O) groups is 2. The molecular formula is C13H17NO4.